The van der Waals surface area contributed by atoms with Gasteiger partial charge in [0.2, 0.25) is 0 Å². The number of piperidine rings is 3. The molecule has 320 valence electrons. The summed E-state index contributed by atoms with van der Waals surface area (Å²) in [6.07, 6.45) is 9.14. The van der Waals surface area contributed by atoms with Crippen LogP contribution in [-0.4, -0.2) is 92.3 Å². The molecule has 53 heavy (non-hydrogen) atoms. The Labute approximate surface area is 332 Å². The lowest BCUT2D eigenvalue weighted by Gasteiger charge is -2.36. The Balaban J connectivity index is -0.000000647. The molecule has 0 amide bonds. The monoisotopic (exact) mass is 757 g/mol. The molecule has 8 heteroatoms. The molecule has 0 radical (unpaired) electrons. The summed E-state index contributed by atoms with van der Waals surface area (Å²) < 4.78 is 10.8. The molecule has 3 unspecified atom stereocenters. The predicted molar refractivity (Wildman–Crippen MR) is 231 cm³/mol. The van der Waals surface area contributed by atoms with Crippen molar-refractivity contribution in [2.45, 2.75) is 180 Å². The van der Waals surface area contributed by atoms with Crippen molar-refractivity contribution in [1.82, 2.24) is 15.1 Å². The van der Waals surface area contributed by atoms with E-state index in [1.165, 1.54) is 51.6 Å². The summed E-state index contributed by atoms with van der Waals surface area (Å²) in [5.74, 6) is 5.56. The number of nitrogens with zero attached hydrogens (tertiary/aromatic N) is 2. The van der Waals surface area contributed by atoms with Gasteiger partial charge in [0, 0.05) is 45.1 Å². The number of nitrogens with one attached hydrogen (secondary N) is 1. The van der Waals surface area contributed by atoms with Crippen molar-refractivity contribution in [3.8, 4) is 0 Å². The van der Waals surface area contributed by atoms with Crippen LogP contribution in [0.15, 0.2) is 0 Å². The average Bonchev–Trinajstić information content (AvgIpc) is 3.51. The maximum Gasteiger partial charge on any atom is 0.306 e. The molecule has 3 saturated heterocycles. The van der Waals surface area contributed by atoms with Crippen molar-refractivity contribution >= 4 is 11.9 Å². The Morgan fingerprint density at radius 1 is 0.547 bits per heavy atom. The fourth-order valence-electron chi connectivity index (χ4n) is 9.09. The third kappa shape index (κ3) is 20.0. The first-order valence-electron chi connectivity index (χ1n) is 21.3. The molecule has 3 N–H and O–H groups in total. The van der Waals surface area contributed by atoms with Gasteiger partial charge in [-0.15, -0.1) is 0 Å². The molecule has 0 aromatic heterocycles. The van der Waals surface area contributed by atoms with E-state index >= 15 is 0 Å². The lowest BCUT2D eigenvalue weighted by molar-refractivity contribution is -0.158. The number of ether oxygens (including phenoxy) is 2. The van der Waals surface area contributed by atoms with Gasteiger partial charge < -0.3 is 30.3 Å². The normalized spacial score (nSPS) is 30.5. The van der Waals surface area contributed by atoms with Gasteiger partial charge in [0.1, 0.15) is 11.2 Å². The van der Waals surface area contributed by atoms with Crippen LogP contribution in [0.4, 0.5) is 0 Å². The van der Waals surface area contributed by atoms with Gasteiger partial charge >= 0.3 is 11.9 Å². The molecule has 0 aromatic rings. The van der Waals surface area contributed by atoms with Crippen LogP contribution in [0.5, 0.6) is 0 Å². The lowest BCUT2D eigenvalue weighted by atomic mass is 9.83. The lowest BCUT2D eigenvalue weighted by Crippen LogP contribution is -2.47. The Morgan fingerprint density at radius 3 is 1.13 bits per heavy atom. The van der Waals surface area contributed by atoms with E-state index in [4.69, 9.17) is 15.2 Å². The van der Waals surface area contributed by atoms with Crippen LogP contribution in [0, 0.1) is 47.3 Å². The number of esters is 2. The number of carbonyl (C=O) groups is 2. The largest absolute Gasteiger partial charge is 0.460 e. The number of fused-ring (bicyclic) bond motifs is 6. The summed E-state index contributed by atoms with van der Waals surface area (Å²) in [6, 6.07) is 0.524. The van der Waals surface area contributed by atoms with Crippen LogP contribution in [0.25, 0.3) is 0 Å². The highest BCUT2D eigenvalue weighted by Gasteiger charge is 2.43. The van der Waals surface area contributed by atoms with E-state index in [0.29, 0.717) is 54.4 Å². The number of rotatable bonds is 4. The summed E-state index contributed by atoms with van der Waals surface area (Å²) in [6.45, 7) is 34.6. The SMILES string of the molecule is C.C.CC.CC.CC.CC.CC(C)(C)OC(=O)CC1[C@@H]2CC[C@H]1CNC2.CN1C[C@H]2CC[C@@H](C1)C2CC(=O)OC(C)(C)C.CN1C[C@H]2CC[C@@H](C1)C2N. The van der Waals surface area contributed by atoms with Crippen LogP contribution in [0.1, 0.15) is 163 Å². The van der Waals surface area contributed by atoms with Gasteiger partial charge in [-0.2, -0.15) is 0 Å². The molecule has 6 bridgehead atoms. The molecule has 3 heterocycles. The van der Waals surface area contributed by atoms with Crippen LogP contribution < -0.4 is 11.1 Å². The maximum atomic E-state index is 11.9. The average molecular weight is 757 g/mol. The van der Waals surface area contributed by atoms with Crippen molar-refractivity contribution in [2.24, 2.45) is 53.1 Å². The van der Waals surface area contributed by atoms with Gasteiger partial charge in [-0.25, -0.2) is 0 Å². The fraction of sp³-hybridized carbons (Fsp3) is 0.956. The molecular weight excluding hydrogens is 661 g/mol. The second-order valence-electron chi connectivity index (χ2n) is 16.9. The van der Waals surface area contributed by atoms with E-state index in [9.17, 15) is 9.59 Å². The van der Waals surface area contributed by atoms with Crippen LogP contribution in [-0.2, 0) is 19.1 Å². The topological polar surface area (TPSA) is 97.1 Å². The zero-order valence-corrected chi connectivity index (χ0v) is 36.7. The molecule has 3 aliphatic carbocycles. The highest BCUT2D eigenvalue weighted by molar-refractivity contribution is 5.70. The van der Waals surface area contributed by atoms with Crippen LogP contribution >= 0.6 is 0 Å². The number of nitrogens with two attached hydrogens (primary N) is 1. The van der Waals surface area contributed by atoms with Crippen LogP contribution in [0.3, 0.4) is 0 Å². The molecule has 3 saturated carbocycles. The van der Waals surface area contributed by atoms with Gasteiger partial charge in [0.15, 0.2) is 0 Å². The Hall–Kier alpha value is -1.22. The van der Waals surface area contributed by atoms with Crippen molar-refractivity contribution in [3.05, 3.63) is 0 Å². The minimum atomic E-state index is -0.346. The van der Waals surface area contributed by atoms with Crippen LogP contribution in [0.2, 0.25) is 0 Å². The van der Waals surface area contributed by atoms with Crippen molar-refractivity contribution in [3.63, 3.8) is 0 Å². The first kappa shape index (κ1) is 56.1. The zero-order valence-electron chi connectivity index (χ0n) is 36.7. The smallest absolute Gasteiger partial charge is 0.306 e. The van der Waals surface area contributed by atoms with E-state index in [0.717, 1.165) is 38.0 Å². The van der Waals surface area contributed by atoms with E-state index in [2.05, 4.69) is 29.2 Å². The van der Waals surface area contributed by atoms with E-state index in [1.54, 1.807) is 0 Å². The zero-order chi connectivity index (χ0) is 39.5. The summed E-state index contributed by atoms with van der Waals surface area (Å²) in [7, 11) is 4.40. The minimum Gasteiger partial charge on any atom is -0.460 e. The van der Waals surface area contributed by atoms with Crippen molar-refractivity contribution in [1.29, 1.82) is 0 Å². The molecule has 6 aliphatic rings. The fourth-order valence-corrected chi connectivity index (χ4v) is 9.09. The minimum absolute atomic E-state index is 0. The molecule has 0 spiro atoms. The van der Waals surface area contributed by atoms with E-state index in [1.807, 2.05) is 96.9 Å². The Bertz CT molecular complexity index is 888. The second-order valence-corrected chi connectivity index (χ2v) is 16.9. The van der Waals surface area contributed by atoms with Gasteiger partial charge in [-0.1, -0.05) is 70.2 Å². The number of hydrogen-bond donors (Lipinski definition) is 2. The highest BCUT2D eigenvalue weighted by atomic mass is 16.6. The van der Waals surface area contributed by atoms with Crippen molar-refractivity contribution < 1.29 is 19.1 Å². The van der Waals surface area contributed by atoms with Crippen molar-refractivity contribution in [2.75, 3.05) is 53.4 Å². The third-order valence-electron chi connectivity index (χ3n) is 10.9. The van der Waals surface area contributed by atoms with E-state index < -0.39 is 0 Å². The Morgan fingerprint density at radius 2 is 0.811 bits per heavy atom. The molecular formula is C45H96N4O4. The van der Waals surface area contributed by atoms with E-state index in [-0.39, 0.29) is 38.0 Å². The first-order valence-corrected chi connectivity index (χ1v) is 21.3. The quantitative estimate of drug-likeness (QED) is 0.274. The second kappa shape index (κ2) is 28.2. The summed E-state index contributed by atoms with van der Waals surface area (Å²) in [4.78, 5) is 28.5. The molecule has 6 rings (SSSR count). The molecule has 8 nitrogen and oxygen atoms in total. The molecule has 3 aliphatic heterocycles. The number of hydrogen-bond acceptors (Lipinski definition) is 8. The van der Waals surface area contributed by atoms with Gasteiger partial charge in [-0.3, -0.25) is 9.59 Å². The summed E-state index contributed by atoms with van der Waals surface area (Å²) in [5, 5.41) is 3.45. The summed E-state index contributed by atoms with van der Waals surface area (Å²) in [5.41, 5.74) is 5.33. The van der Waals surface area contributed by atoms with Gasteiger partial charge in [-0.05, 0) is 155 Å². The predicted octanol–water partition coefficient (Wildman–Crippen LogP) is 9.93. The molecule has 0 aromatic carbocycles. The third-order valence-corrected chi connectivity index (χ3v) is 10.9. The standard InChI is InChI=1S/C14H25NO2.C13H23NO2.C8H16N2.4C2H6.2CH4/c1-14(2,3)17-13(16)7-12-10-5-6-11(12)9-15(4)8-10;1-13(2,3)16-12(15)6-11-9-4-5-10(11)8-14-7-9;1-10-4-6-2-3-7(5-10)8(6)9;4*1-2;;/h10-12H,5-9H2,1-4H3;9-11,14H,4-8H2,1-3H3;6-8H,2-5,9H2,1H3;4*1-2H3;2*1H4/t10-,11+,12?;9-,10+,11?;6-,7+,8?;;;;;;. The maximum absolute atomic E-state index is 11.9. The number of likely N-dealkylation sites (tertiary alicyclic amines) is 2. The summed E-state index contributed by atoms with van der Waals surface area (Å²) >= 11 is 0. The highest BCUT2D eigenvalue weighted by Crippen LogP contribution is 2.44. The van der Waals surface area contributed by atoms with Gasteiger partial charge in [0.25, 0.3) is 0 Å². The number of carbonyl (C=O) groups excluding carboxylic acids is 2. The van der Waals surface area contributed by atoms with Gasteiger partial charge in [0.05, 0.1) is 0 Å². The molecule has 6 fully saturated rings. The first-order chi connectivity index (χ1) is 24.1. The molecule has 9 atom stereocenters. The Kier molecular flexibility index (Phi) is 29.9.